The van der Waals surface area contributed by atoms with Gasteiger partial charge >= 0.3 is 0 Å². The molecule has 26 heavy (non-hydrogen) atoms. The number of aromatic hydroxyl groups is 1. The lowest BCUT2D eigenvalue weighted by Gasteiger charge is -2.03. The van der Waals surface area contributed by atoms with E-state index in [4.69, 9.17) is 5.11 Å². The number of methoxy groups -OCH3 is 1. The number of halogens is 3. The maximum Gasteiger partial charge on any atom is 0.200 e. The van der Waals surface area contributed by atoms with Gasteiger partial charge in [-0.25, -0.2) is 8.78 Å². The van der Waals surface area contributed by atoms with Gasteiger partial charge in [-0.3, -0.25) is 0 Å². The first-order chi connectivity index (χ1) is 12.2. The number of benzene rings is 1. The van der Waals surface area contributed by atoms with E-state index in [1.807, 2.05) is 0 Å². The van der Waals surface area contributed by atoms with Crippen LogP contribution in [0.4, 0.5) is 13.2 Å². The summed E-state index contributed by atoms with van der Waals surface area (Å²) < 4.78 is 45.2. The number of phenolic OH excluding ortho intramolecular Hbond substituents is 1. The summed E-state index contributed by atoms with van der Waals surface area (Å²) in [5, 5.41) is 9.08. The smallest absolute Gasteiger partial charge is 0.200 e. The molecule has 0 amide bonds. The topological polar surface area (TPSA) is 29.5 Å². The lowest BCUT2D eigenvalue weighted by molar-refractivity contribution is 0.285. The van der Waals surface area contributed by atoms with Gasteiger partial charge in [0.25, 0.3) is 0 Å². The van der Waals surface area contributed by atoms with Gasteiger partial charge in [0, 0.05) is 5.56 Å². The van der Waals surface area contributed by atoms with Crippen molar-refractivity contribution >= 4 is 6.08 Å². The van der Waals surface area contributed by atoms with Crippen LogP contribution >= 0.6 is 0 Å². The molecule has 1 aromatic rings. The standard InChI is InChI=1S/C21H19F3O2/c1-13(7-9-17-10-11-19(25)21(24)20(17)23)6-8-14(2)15(3)12-18(22)16(4)26-5/h6-12,25H,1-4H2,5H3/b8-6-,9-7+,18-12+. The average Bonchev–Trinajstić information content (AvgIpc) is 2.62. The minimum atomic E-state index is -1.32. The third kappa shape index (κ3) is 5.70. The van der Waals surface area contributed by atoms with E-state index in [9.17, 15) is 13.2 Å². The van der Waals surface area contributed by atoms with Gasteiger partial charge in [-0.2, -0.15) is 4.39 Å². The fourth-order valence-corrected chi connectivity index (χ4v) is 1.67. The number of allylic oxidation sites excluding steroid dienone is 8. The SMILES string of the molecule is C=C(/C=C\C(=C)C(=C)/C=C(/F)C(=C)OC)/C=C/c1ccc(O)c(F)c1F. The van der Waals surface area contributed by atoms with Crippen molar-refractivity contribution in [1.29, 1.82) is 0 Å². The quantitative estimate of drug-likeness (QED) is 0.460. The van der Waals surface area contributed by atoms with E-state index in [1.54, 1.807) is 12.2 Å². The first-order valence-electron chi connectivity index (χ1n) is 7.38. The molecule has 0 aliphatic carbocycles. The molecule has 1 N–H and O–H groups in total. The molecule has 0 atom stereocenters. The fourth-order valence-electron chi connectivity index (χ4n) is 1.67. The van der Waals surface area contributed by atoms with Gasteiger partial charge in [-0.1, -0.05) is 50.6 Å². The molecule has 5 heteroatoms. The van der Waals surface area contributed by atoms with Crippen molar-refractivity contribution < 1.29 is 23.0 Å². The number of rotatable bonds is 8. The zero-order chi connectivity index (χ0) is 19.9. The van der Waals surface area contributed by atoms with Crippen LogP contribution in [0.2, 0.25) is 0 Å². The highest BCUT2D eigenvalue weighted by Crippen LogP contribution is 2.22. The number of hydrogen-bond donors (Lipinski definition) is 1. The van der Waals surface area contributed by atoms with Crippen molar-refractivity contribution in [3.63, 3.8) is 0 Å². The summed E-state index contributed by atoms with van der Waals surface area (Å²) in [6, 6.07) is 2.29. The van der Waals surface area contributed by atoms with E-state index in [1.165, 1.54) is 25.3 Å². The Morgan fingerprint density at radius 2 is 1.65 bits per heavy atom. The van der Waals surface area contributed by atoms with Crippen LogP contribution in [0, 0.1) is 11.6 Å². The van der Waals surface area contributed by atoms with Crippen molar-refractivity contribution in [3.8, 4) is 5.75 Å². The van der Waals surface area contributed by atoms with Crippen molar-refractivity contribution in [2.24, 2.45) is 0 Å². The Morgan fingerprint density at radius 3 is 2.27 bits per heavy atom. The normalized spacial score (nSPS) is 11.8. The van der Waals surface area contributed by atoms with E-state index >= 15 is 0 Å². The van der Waals surface area contributed by atoms with Gasteiger partial charge in [0.15, 0.2) is 17.4 Å². The molecule has 1 aromatic carbocycles. The molecular weight excluding hydrogens is 341 g/mol. The second-order valence-corrected chi connectivity index (χ2v) is 5.21. The van der Waals surface area contributed by atoms with Crippen LogP contribution in [-0.4, -0.2) is 12.2 Å². The molecule has 1 rings (SSSR count). The third-order valence-corrected chi connectivity index (χ3v) is 3.29. The van der Waals surface area contributed by atoms with Crippen LogP contribution in [0.15, 0.2) is 91.1 Å². The second kappa shape index (κ2) is 9.32. The van der Waals surface area contributed by atoms with Crippen molar-refractivity contribution in [2.45, 2.75) is 0 Å². The molecule has 0 saturated heterocycles. The molecule has 0 fully saturated rings. The predicted molar refractivity (Wildman–Crippen MR) is 99.0 cm³/mol. The summed E-state index contributed by atoms with van der Waals surface area (Å²) in [6.45, 7) is 14.6. The molecule has 0 bridgehead atoms. The van der Waals surface area contributed by atoms with Gasteiger partial charge in [-0.05, 0) is 34.9 Å². The van der Waals surface area contributed by atoms with Crippen molar-refractivity contribution in [1.82, 2.24) is 0 Å². The first kappa shape index (κ1) is 20.8. The number of phenols is 1. The molecule has 0 aromatic heterocycles. The highest BCUT2D eigenvalue weighted by molar-refractivity contribution is 5.57. The van der Waals surface area contributed by atoms with E-state index < -0.39 is 23.2 Å². The van der Waals surface area contributed by atoms with Crippen LogP contribution < -0.4 is 0 Å². The molecule has 0 aliphatic rings. The van der Waals surface area contributed by atoms with E-state index in [-0.39, 0.29) is 11.3 Å². The number of ether oxygens (including phenoxy) is 1. The highest BCUT2D eigenvalue weighted by atomic mass is 19.2. The average molecular weight is 360 g/mol. The van der Waals surface area contributed by atoms with Crippen LogP contribution in [0.5, 0.6) is 5.75 Å². The van der Waals surface area contributed by atoms with E-state index in [0.29, 0.717) is 16.7 Å². The Morgan fingerprint density at radius 1 is 1.00 bits per heavy atom. The second-order valence-electron chi connectivity index (χ2n) is 5.21. The molecule has 0 unspecified atom stereocenters. The Bertz CT molecular complexity index is 843. The molecule has 2 nitrogen and oxygen atoms in total. The highest BCUT2D eigenvalue weighted by Gasteiger charge is 2.10. The summed E-state index contributed by atoms with van der Waals surface area (Å²) in [5.41, 5.74) is 1.14. The minimum Gasteiger partial charge on any atom is -0.505 e. The maximum atomic E-state index is 13.6. The Labute approximate surface area is 150 Å². The monoisotopic (exact) mass is 360 g/mol. The lowest BCUT2D eigenvalue weighted by Crippen LogP contribution is -1.89. The van der Waals surface area contributed by atoms with E-state index in [2.05, 4.69) is 31.1 Å². The van der Waals surface area contributed by atoms with Gasteiger partial charge in [0.1, 0.15) is 5.76 Å². The molecule has 0 radical (unpaired) electrons. The third-order valence-electron chi connectivity index (χ3n) is 3.29. The minimum absolute atomic E-state index is 0.0406. The Hall–Kier alpha value is -3.21. The van der Waals surface area contributed by atoms with Crippen LogP contribution in [0.1, 0.15) is 5.56 Å². The van der Waals surface area contributed by atoms with Gasteiger partial charge < -0.3 is 9.84 Å². The zero-order valence-corrected chi connectivity index (χ0v) is 14.4. The molecule has 0 aliphatic heterocycles. The fraction of sp³-hybridized carbons (Fsp3) is 0.0476. The summed E-state index contributed by atoms with van der Waals surface area (Å²) in [6.07, 6.45) is 6.98. The Kier molecular flexibility index (Phi) is 7.47. The largest absolute Gasteiger partial charge is 0.505 e. The Balaban J connectivity index is 2.79. The summed E-state index contributed by atoms with van der Waals surface area (Å²) in [5.74, 6) is -4.03. The lowest BCUT2D eigenvalue weighted by atomic mass is 10.1. The van der Waals surface area contributed by atoms with Gasteiger partial charge in [0.2, 0.25) is 5.82 Å². The number of hydrogen-bond acceptors (Lipinski definition) is 2. The molecule has 136 valence electrons. The zero-order valence-electron chi connectivity index (χ0n) is 14.4. The molecule has 0 heterocycles. The summed E-state index contributed by atoms with van der Waals surface area (Å²) >= 11 is 0. The summed E-state index contributed by atoms with van der Waals surface area (Å²) in [7, 11) is 1.30. The van der Waals surface area contributed by atoms with Gasteiger partial charge in [0.05, 0.1) is 7.11 Å². The summed E-state index contributed by atoms with van der Waals surface area (Å²) in [4.78, 5) is 0. The molecule has 0 saturated carbocycles. The van der Waals surface area contributed by atoms with Crippen LogP contribution in [-0.2, 0) is 4.74 Å². The van der Waals surface area contributed by atoms with E-state index in [0.717, 1.165) is 12.1 Å². The maximum absolute atomic E-state index is 13.6. The molecule has 0 spiro atoms. The van der Waals surface area contributed by atoms with Gasteiger partial charge in [-0.15, -0.1) is 0 Å². The van der Waals surface area contributed by atoms with Crippen molar-refractivity contribution in [3.05, 3.63) is 108 Å². The van der Waals surface area contributed by atoms with Crippen LogP contribution in [0.25, 0.3) is 6.08 Å². The van der Waals surface area contributed by atoms with Crippen LogP contribution in [0.3, 0.4) is 0 Å². The van der Waals surface area contributed by atoms with Crippen molar-refractivity contribution in [2.75, 3.05) is 7.11 Å². The molecular formula is C21H19F3O2. The predicted octanol–water partition coefficient (Wildman–Crippen LogP) is 5.92. The first-order valence-corrected chi connectivity index (χ1v) is 7.38.